The molecular weight excluding hydrogens is 176 g/mol. The van der Waals surface area contributed by atoms with Crippen LogP contribution in [0.4, 0.5) is 4.79 Å². The fourth-order valence-corrected chi connectivity index (χ4v) is 2.02. The zero-order valence-corrected chi connectivity index (χ0v) is 9.18. The maximum Gasteiger partial charge on any atom is 0.317 e. The second-order valence-corrected chi connectivity index (χ2v) is 5.18. The van der Waals surface area contributed by atoms with E-state index in [9.17, 15) is 4.79 Å². The highest BCUT2D eigenvalue weighted by Crippen LogP contribution is 2.34. The third-order valence-corrected chi connectivity index (χ3v) is 3.35. The second kappa shape index (κ2) is 3.44. The van der Waals surface area contributed by atoms with Crippen molar-refractivity contribution in [2.75, 3.05) is 13.1 Å². The van der Waals surface area contributed by atoms with Gasteiger partial charge in [-0.25, -0.2) is 4.79 Å². The molecule has 1 heterocycles. The van der Waals surface area contributed by atoms with Crippen LogP contribution in [0.15, 0.2) is 0 Å². The first kappa shape index (κ1) is 9.81. The first-order chi connectivity index (χ1) is 6.59. The molecule has 3 heteroatoms. The topological polar surface area (TPSA) is 32.3 Å². The van der Waals surface area contributed by atoms with E-state index in [1.54, 1.807) is 0 Å². The summed E-state index contributed by atoms with van der Waals surface area (Å²) >= 11 is 0. The molecule has 1 saturated heterocycles. The molecule has 0 spiro atoms. The summed E-state index contributed by atoms with van der Waals surface area (Å²) in [5, 5.41) is 3.11. The molecule has 1 aliphatic heterocycles. The number of carbonyl (C=O) groups is 1. The lowest BCUT2D eigenvalue weighted by molar-refractivity contribution is 0.166. The highest BCUT2D eigenvalue weighted by Gasteiger charge is 2.39. The zero-order chi connectivity index (χ0) is 10.2. The first-order valence-corrected chi connectivity index (χ1v) is 5.66. The van der Waals surface area contributed by atoms with E-state index in [-0.39, 0.29) is 11.6 Å². The fraction of sp³-hybridized carbons (Fsp3) is 0.909. The van der Waals surface area contributed by atoms with Gasteiger partial charge in [-0.05, 0) is 38.5 Å². The van der Waals surface area contributed by atoms with E-state index in [0.717, 1.165) is 32.4 Å². The van der Waals surface area contributed by atoms with Crippen molar-refractivity contribution in [2.24, 2.45) is 5.92 Å². The number of hydrogen-bond acceptors (Lipinski definition) is 1. The summed E-state index contributed by atoms with van der Waals surface area (Å²) in [6.07, 6.45) is 4.70. The Morgan fingerprint density at radius 1 is 1.50 bits per heavy atom. The molecule has 1 N–H and O–H groups in total. The molecule has 2 fully saturated rings. The Morgan fingerprint density at radius 2 is 2.21 bits per heavy atom. The van der Waals surface area contributed by atoms with Crippen LogP contribution in [0.1, 0.15) is 39.5 Å². The predicted octanol–water partition coefficient (Wildman–Crippen LogP) is 1.98. The van der Waals surface area contributed by atoms with E-state index in [1.165, 1.54) is 6.42 Å². The van der Waals surface area contributed by atoms with Gasteiger partial charge in [0.2, 0.25) is 0 Å². The standard InChI is InChI=1S/C11H20N2O/c1-9-4-3-7-13(8-9)10(14)12-11(2)5-6-11/h9H,3-8H2,1-2H3,(H,12,14). The van der Waals surface area contributed by atoms with Gasteiger partial charge in [-0.15, -0.1) is 0 Å². The molecule has 0 aromatic heterocycles. The van der Waals surface area contributed by atoms with Crippen molar-refractivity contribution in [3.63, 3.8) is 0 Å². The SMILES string of the molecule is CC1CCCN(C(=O)NC2(C)CC2)C1. The van der Waals surface area contributed by atoms with Gasteiger partial charge >= 0.3 is 6.03 Å². The lowest BCUT2D eigenvalue weighted by atomic mass is 10.0. The maximum absolute atomic E-state index is 11.8. The van der Waals surface area contributed by atoms with E-state index in [2.05, 4.69) is 19.2 Å². The van der Waals surface area contributed by atoms with Gasteiger partial charge in [0.1, 0.15) is 0 Å². The molecule has 2 amide bonds. The van der Waals surface area contributed by atoms with Crippen LogP contribution >= 0.6 is 0 Å². The molecular formula is C11H20N2O. The molecule has 1 unspecified atom stereocenters. The molecule has 1 atom stereocenters. The van der Waals surface area contributed by atoms with Crippen molar-refractivity contribution >= 4 is 6.03 Å². The lowest BCUT2D eigenvalue weighted by Crippen LogP contribution is -2.48. The van der Waals surface area contributed by atoms with Gasteiger partial charge in [0, 0.05) is 18.6 Å². The number of rotatable bonds is 1. The number of carbonyl (C=O) groups excluding carboxylic acids is 1. The van der Waals surface area contributed by atoms with E-state index < -0.39 is 0 Å². The molecule has 2 rings (SSSR count). The monoisotopic (exact) mass is 196 g/mol. The summed E-state index contributed by atoms with van der Waals surface area (Å²) in [6, 6.07) is 0.150. The van der Waals surface area contributed by atoms with Crippen LogP contribution in [0.5, 0.6) is 0 Å². The molecule has 3 nitrogen and oxygen atoms in total. The number of urea groups is 1. The summed E-state index contributed by atoms with van der Waals surface area (Å²) in [4.78, 5) is 13.8. The van der Waals surface area contributed by atoms with Crippen molar-refractivity contribution < 1.29 is 4.79 Å². The predicted molar refractivity (Wildman–Crippen MR) is 56.1 cm³/mol. The van der Waals surface area contributed by atoms with E-state index in [0.29, 0.717) is 5.92 Å². The molecule has 0 aromatic rings. The van der Waals surface area contributed by atoms with Crippen LogP contribution in [-0.2, 0) is 0 Å². The van der Waals surface area contributed by atoms with Gasteiger partial charge in [-0.3, -0.25) is 0 Å². The molecule has 1 aliphatic carbocycles. The zero-order valence-electron chi connectivity index (χ0n) is 9.18. The molecule has 1 saturated carbocycles. The number of piperidine rings is 1. The van der Waals surface area contributed by atoms with Gasteiger partial charge in [0.05, 0.1) is 0 Å². The number of amides is 2. The Hall–Kier alpha value is -0.730. The van der Waals surface area contributed by atoms with Crippen LogP contribution in [0.3, 0.4) is 0 Å². The van der Waals surface area contributed by atoms with Crippen molar-refractivity contribution in [2.45, 2.75) is 45.1 Å². The summed E-state index contributed by atoms with van der Waals surface area (Å²) in [6.45, 7) is 6.21. The normalized spacial score (nSPS) is 29.9. The highest BCUT2D eigenvalue weighted by atomic mass is 16.2. The second-order valence-electron chi connectivity index (χ2n) is 5.18. The van der Waals surface area contributed by atoms with Crippen molar-refractivity contribution in [1.29, 1.82) is 0 Å². The van der Waals surface area contributed by atoms with Gasteiger partial charge in [-0.1, -0.05) is 6.92 Å². The largest absolute Gasteiger partial charge is 0.333 e. The van der Waals surface area contributed by atoms with Crippen LogP contribution < -0.4 is 5.32 Å². The minimum absolute atomic E-state index is 0.123. The van der Waals surface area contributed by atoms with Crippen molar-refractivity contribution in [3.05, 3.63) is 0 Å². The molecule has 14 heavy (non-hydrogen) atoms. The van der Waals surface area contributed by atoms with Gasteiger partial charge in [0.15, 0.2) is 0 Å². The smallest absolute Gasteiger partial charge is 0.317 e. The van der Waals surface area contributed by atoms with E-state index >= 15 is 0 Å². The number of nitrogens with zero attached hydrogens (tertiary/aromatic N) is 1. The Balaban J connectivity index is 1.84. The van der Waals surface area contributed by atoms with Crippen molar-refractivity contribution in [1.82, 2.24) is 10.2 Å². The molecule has 2 aliphatic rings. The number of hydrogen-bond donors (Lipinski definition) is 1. The minimum atomic E-state index is 0.123. The van der Waals surface area contributed by atoms with Crippen LogP contribution in [0.25, 0.3) is 0 Å². The maximum atomic E-state index is 11.8. The minimum Gasteiger partial charge on any atom is -0.333 e. The fourth-order valence-electron chi connectivity index (χ4n) is 2.02. The summed E-state index contributed by atoms with van der Waals surface area (Å²) in [7, 11) is 0. The Kier molecular flexibility index (Phi) is 2.41. The quantitative estimate of drug-likeness (QED) is 0.683. The Morgan fingerprint density at radius 3 is 2.79 bits per heavy atom. The van der Waals surface area contributed by atoms with Gasteiger partial charge < -0.3 is 10.2 Å². The highest BCUT2D eigenvalue weighted by molar-refractivity contribution is 5.75. The molecule has 0 bridgehead atoms. The van der Waals surface area contributed by atoms with Gasteiger partial charge in [-0.2, -0.15) is 0 Å². The molecule has 80 valence electrons. The average molecular weight is 196 g/mol. The Labute approximate surface area is 85.8 Å². The van der Waals surface area contributed by atoms with Crippen LogP contribution in [0, 0.1) is 5.92 Å². The Bertz CT molecular complexity index is 235. The number of nitrogens with one attached hydrogen (secondary N) is 1. The van der Waals surface area contributed by atoms with Crippen LogP contribution in [-0.4, -0.2) is 29.6 Å². The third-order valence-electron chi connectivity index (χ3n) is 3.35. The number of likely N-dealkylation sites (tertiary alicyclic amines) is 1. The average Bonchev–Trinajstić information content (AvgIpc) is 2.83. The van der Waals surface area contributed by atoms with E-state index in [4.69, 9.17) is 0 Å². The summed E-state index contributed by atoms with van der Waals surface area (Å²) in [5.41, 5.74) is 0.123. The summed E-state index contributed by atoms with van der Waals surface area (Å²) in [5.74, 6) is 0.668. The third kappa shape index (κ3) is 2.20. The molecule has 0 radical (unpaired) electrons. The van der Waals surface area contributed by atoms with Crippen LogP contribution in [0.2, 0.25) is 0 Å². The first-order valence-electron chi connectivity index (χ1n) is 5.66. The van der Waals surface area contributed by atoms with Gasteiger partial charge in [0.25, 0.3) is 0 Å². The lowest BCUT2D eigenvalue weighted by Gasteiger charge is -2.32. The van der Waals surface area contributed by atoms with E-state index in [1.807, 2.05) is 4.90 Å². The molecule has 0 aromatic carbocycles. The van der Waals surface area contributed by atoms with Crippen molar-refractivity contribution in [3.8, 4) is 0 Å². The summed E-state index contributed by atoms with van der Waals surface area (Å²) < 4.78 is 0.